The van der Waals surface area contributed by atoms with E-state index in [1.54, 1.807) is 0 Å². The molecule has 1 spiro atoms. The van der Waals surface area contributed by atoms with Crippen LogP contribution in [0.25, 0.3) is 0 Å². The van der Waals surface area contributed by atoms with E-state index >= 15 is 0 Å². The van der Waals surface area contributed by atoms with Gasteiger partial charge in [0.1, 0.15) is 0 Å². The van der Waals surface area contributed by atoms with Gasteiger partial charge in [0, 0.05) is 0 Å². The molecule has 0 aromatic heterocycles. The Morgan fingerprint density at radius 3 is 1.83 bits per heavy atom. The Morgan fingerprint density at radius 2 is 1.83 bits per heavy atom. The van der Waals surface area contributed by atoms with Gasteiger partial charge in [0.05, 0.1) is 0 Å². The zero-order chi connectivity index (χ0) is 4.04. The van der Waals surface area contributed by atoms with Crippen LogP contribution in [0, 0.1) is 0 Å². The Balaban J connectivity index is 2.12. The second kappa shape index (κ2) is 0.706. The van der Waals surface area contributed by atoms with Gasteiger partial charge >= 0.3 is 38.1 Å². The molecule has 0 nitrogen and oxygen atoms in total. The zero-order valence-electron chi connectivity index (χ0n) is 3.78. The van der Waals surface area contributed by atoms with Crippen molar-refractivity contribution in [3.8, 4) is 0 Å². The summed E-state index contributed by atoms with van der Waals surface area (Å²) in [4.78, 5) is 0. The monoisotopic (exact) mass is 76.1 g/mol. The Bertz CT molecular complexity index is 94.1. The standard InChI is InChI=1S/C4H6B2/c1-2-4(3-1)5-6-4/h1-3H2. The molecule has 0 aromatic rings. The molecule has 1 fully saturated rings. The van der Waals surface area contributed by atoms with Crippen molar-refractivity contribution >= 4 is 13.6 Å². The molecule has 0 aromatic carbocycles. The summed E-state index contributed by atoms with van der Waals surface area (Å²) < 4.78 is 0. The van der Waals surface area contributed by atoms with Crippen molar-refractivity contribution in [3.05, 3.63) is 0 Å². The fraction of sp³-hybridized carbons (Fsp3) is 1.00. The molecule has 1 aliphatic carbocycles. The second-order valence-corrected chi connectivity index (χ2v) is 2.42. The first-order valence-electron chi connectivity index (χ1n) is 2.62. The van der Waals surface area contributed by atoms with Gasteiger partial charge in [-0.05, 0) is 0 Å². The topological polar surface area (TPSA) is 0 Å². The minimum atomic E-state index is 0.722. The van der Waals surface area contributed by atoms with Crippen LogP contribution in [0.1, 0.15) is 19.3 Å². The van der Waals surface area contributed by atoms with Crippen LogP contribution in [-0.4, -0.2) is 13.6 Å². The van der Waals surface area contributed by atoms with E-state index in [1.807, 2.05) is 0 Å². The Kier molecular flexibility index (Phi) is 0.374. The molecular formula is C4H6B2. The van der Waals surface area contributed by atoms with E-state index in [1.165, 1.54) is 19.3 Å². The molecule has 1 saturated carbocycles. The van der Waals surface area contributed by atoms with Crippen LogP contribution in [-0.2, 0) is 0 Å². The molecular weight excluding hydrogens is 69.7 g/mol. The normalized spacial score (nSPS) is 30.7. The molecule has 28 valence electrons. The summed E-state index contributed by atoms with van der Waals surface area (Å²) in [5.41, 5.74) is 0. The molecule has 0 bridgehead atoms. The fourth-order valence-corrected chi connectivity index (χ4v) is 1.04. The van der Waals surface area contributed by atoms with Crippen molar-refractivity contribution in [1.82, 2.24) is 0 Å². The van der Waals surface area contributed by atoms with Crippen molar-refractivity contribution in [3.63, 3.8) is 0 Å². The van der Waals surface area contributed by atoms with Gasteiger partial charge in [0.15, 0.2) is 0 Å². The van der Waals surface area contributed by atoms with Crippen LogP contribution in [0.5, 0.6) is 0 Å². The van der Waals surface area contributed by atoms with Crippen LogP contribution >= 0.6 is 0 Å². The Labute approximate surface area is 39.0 Å². The third kappa shape index (κ3) is 0.235. The van der Waals surface area contributed by atoms with Crippen LogP contribution in [0.3, 0.4) is 0 Å². The predicted molar refractivity (Wildman–Crippen MR) is 28.1 cm³/mol. The zero-order valence-corrected chi connectivity index (χ0v) is 3.78. The van der Waals surface area contributed by atoms with Gasteiger partial charge in [-0.15, -0.1) is 0 Å². The van der Waals surface area contributed by atoms with Gasteiger partial charge < -0.3 is 0 Å². The molecule has 2 aliphatic rings. The summed E-state index contributed by atoms with van der Waals surface area (Å²) >= 11 is 0. The quantitative estimate of drug-likeness (QED) is 0.371. The summed E-state index contributed by atoms with van der Waals surface area (Å²) in [6.45, 7) is 4.66. The minimum absolute atomic E-state index is 0.722. The van der Waals surface area contributed by atoms with E-state index in [2.05, 4.69) is 13.6 Å². The van der Waals surface area contributed by atoms with Crippen molar-refractivity contribution < 1.29 is 0 Å². The molecule has 0 saturated heterocycles. The summed E-state index contributed by atoms with van der Waals surface area (Å²) in [6.07, 6.45) is 4.37. The third-order valence-corrected chi connectivity index (χ3v) is 1.92. The van der Waals surface area contributed by atoms with Crippen molar-refractivity contribution in [2.24, 2.45) is 0 Å². The van der Waals surface area contributed by atoms with Gasteiger partial charge in [-0.1, -0.05) is 0 Å². The van der Waals surface area contributed by atoms with Gasteiger partial charge in [-0.3, -0.25) is 0 Å². The van der Waals surface area contributed by atoms with Crippen LogP contribution in [0.4, 0.5) is 0 Å². The molecule has 0 amide bonds. The second-order valence-electron chi connectivity index (χ2n) is 2.42. The van der Waals surface area contributed by atoms with E-state index in [0.29, 0.717) is 0 Å². The Morgan fingerprint density at radius 1 is 1.17 bits per heavy atom. The molecule has 2 rings (SSSR count). The van der Waals surface area contributed by atoms with Crippen molar-refractivity contribution in [2.75, 3.05) is 0 Å². The first-order valence-corrected chi connectivity index (χ1v) is 2.62. The molecule has 0 unspecified atom stereocenters. The van der Waals surface area contributed by atoms with Crippen LogP contribution in [0.2, 0.25) is 5.21 Å². The number of hydrogen-bond donors (Lipinski definition) is 0. The van der Waals surface area contributed by atoms with Crippen molar-refractivity contribution in [2.45, 2.75) is 24.5 Å². The van der Waals surface area contributed by atoms with Crippen molar-refractivity contribution in [1.29, 1.82) is 0 Å². The Hall–Kier alpha value is 0.130. The summed E-state index contributed by atoms with van der Waals surface area (Å²) in [6, 6.07) is 0. The number of hydrogen-bond acceptors (Lipinski definition) is 0. The molecule has 6 heavy (non-hydrogen) atoms. The molecule has 1 heterocycles. The SMILES string of the molecule is B1=BC12CCC2. The molecule has 0 N–H and O–H groups in total. The first kappa shape index (κ1) is 3.17. The maximum absolute atomic E-state index is 2.33. The third-order valence-electron chi connectivity index (χ3n) is 1.92. The molecule has 0 radical (unpaired) electrons. The van der Waals surface area contributed by atoms with Gasteiger partial charge in [-0.2, -0.15) is 0 Å². The van der Waals surface area contributed by atoms with Crippen LogP contribution in [0.15, 0.2) is 0 Å². The number of rotatable bonds is 0. The molecule has 0 atom stereocenters. The first-order chi connectivity index (χ1) is 2.91. The van der Waals surface area contributed by atoms with E-state index in [9.17, 15) is 0 Å². The van der Waals surface area contributed by atoms with E-state index in [0.717, 1.165) is 5.21 Å². The van der Waals surface area contributed by atoms with E-state index in [4.69, 9.17) is 0 Å². The average molecular weight is 75.7 g/mol. The summed E-state index contributed by atoms with van der Waals surface area (Å²) in [7, 11) is 0. The van der Waals surface area contributed by atoms with E-state index in [-0.39, 0.29) is 0 Å². The maximum atomic E-state index is 2.33. The van der Waals surface area contributed by atoms with Gasteiger partial charge in [-0.25, -0.2) is 0 Å². The predicted octanol–water partition coefficient (Wildman–Crippen LogP) is 0.623. The van der Waals surface area contributed by atoms with Crippen LogP contribution < -0.4 is 0 Å². The molecule has 2 heteroatoms. The van der Waals surface area contributed by atoms with E-state index < -0.39 is 0 Å². The summed E-state index contributed by atoms with van der Waals surface area (Å²) in [5.74, 6) is 0. The average Bonchev–Trinajstić information content (AvgIpc) is 2.02. The fourth-order valence-electron chi connectivity index (χ4n) is 1.04. The van der Waals surface area contributed by atoms with Gasteiger partial charge in [0.25, 0.3) is 0 Å². The summed E-state index contributed by atoms with van der Waals surface area (Å²) in [5, 5.41) is 0.722. The van der Waals surface area contributed by atoms with Gasteiger partial charge in [0.2, 0.25) is 0 Å². The molecule has 1 aliphatic heterocycles.